The Bertz CT molecular complexity index is 1090. The van der Waals surface area contributed by atoms with E-state index in [2.05, 4.69) is 46.8 Å². The van der Waals surface area contributed by atoms with Crippen LogP contribution >= 0.6 is 0 Å². The molecule has 1 aliphatic carbocycles. The average molecular weight is 557 g/mol. The van der Waals surface area contributed by atoms with Gasteiger partial charge in [0.05, 0.1) is 18.8 Å². The molecule has 0 unspecified atom stereocenters. The van der Waals surface area contributed by atoms with Crippen LogP contribution in [0.2, 0.25) is 0 Å². The van der Waals surface area contributed by atoms with Crippen molar-refractivity contribution in [2.75, 3.05) is 6.61 Å². The number of carbonyl (C=O) groups is 1. The molecular formula is C33H48O7. The summed E-state index contributed by atoms with van der Waals surface area (Å²) in [6.45, 7) is 12.8. The van der Waals surface area contributed by atoms with Crippen LogP contribution in [0.4, 0.5) is 0 Å². The highest BCUT2D eigenvalue weighted by molar-refractivity contribution is 5.78. The molecule has 7 nitrogen and oxygen atoms in total. The molecule has 7 heteroatoms. The van der Waals surface area contributed by atoms with Crippen molar-refractivity contribution in [1.29, 1.82) is 0 Å². The van der Waals surface area contributed by atoms with Crippen LogP contribution in [-0.2, 0) is 23.7 Å². The third-order valence-electron chi connectivity index (χ3n) is 9.67. The normalized spacial score (nSPS) is 47.9. The Labute approximate surface area is 239 Å². The molecule has 40 heavy (non-hydrogen) atoms. The maximum atomic E-state index is 13.9. The van der Waals surface area contributed by atoms with Crippen LogP contribution in [0.1, 0.15) is 80.1 Å². The zero-order chi connectivity index (χ0) is 28.8. The lowest BCUT2D eigenvalue weighted by Gasteiger charge is -2.50. The van der Waals surface area contributed by atoms with E-state index in [1.165, 1.54) is 5.57 Å². The lowest BCUT2D eigenvalue weighted by molar-refractivity contribution is -0.340. The van der Waals surface area contributed by atoms with Gasteiger partial charge in [0, 0.05) is 19.3 Å². The number of hydrogen-bond donors (Lipinski definition) is 2. The van der Waals surface area contributed by atoms with E-state index in [9.17, 15) is 15.0 Å². The number of rotatable bonds is 1. The van der Waals surface area contributed by atoms with Crippen molar-refractivity contribution in [2.45, 2.75) is 122 Å². The molecule has 0 aromatic carbocycles. The van der Waals surface area contributed by atoms with Crippen LogP contribution in [0.25, 0.3) is 0 Å². The number of fused-ring (bicyclic) bond motifs is 2. The molecule has 4 heterocycles. The van der Waals surface area contributed by atoms with Crippen LogP contribution < -0.4 is 0 Å². The fourth-order valence-electron chi connectivity index (χ4n) is 7.48. The molecular weight excluding hydrogens is 508 g/mol. The average Bonchev–Trinajstić information content (AvgIpc) is 3.23. The van der Waals surface area contributed by atoms with Gasteiger partial charge in [-0.05, 0) is 62.0 Å². The minimum Gasteiger partial charge on any atom is -0.462 e. The number of esters is 1. The molecule has 3 saturated heterocycles. The fourth-order valence-corrected chi connectivity index (χ4v) is 7.48. The highest BCUT2D eigenvalue weighted by Gasteiger charge is 2.60. The Balaban J connectivity index is 1.51. The van der Waals surface area contributed by atoms with Gasteiger partial charge in [-0.1, -0.05) is 63.6 Å². The van der Waals surface area contributed by atoms with E-state index in [1.807, 2.05) is 12.2 Å². The maximum Gasteiger partial charge on any atom is 0.316 e. The summed E-state index contributed by atoms with van der Waals surface area (Å²) in [5, 5.41) is 22.9. The molecule has 5 aliphatic rings. The Morgan fingerprint density at radius 2 is 1.90 bits per heavy atom. The zero-order valence-electron chi connectivity index (χ0n) is 25.0. The molecule has 2 N–H and O–H groups in total. The van der Waals surface area contributed by atoms with Crippen LogP contribution in [0.3, 0.4) is 0 Å². The van der Waals surface area contributed by atoms with Crippen LogP contribution in [-0.4, -0.2) is 64.7 Å². The second-order valence-corrected chi connectivity index (χ2v) is 13.4. The summed E-state index contributed by atoms with van der Waals surface area (Å²) < 4.78 is 25.6. The summed E-state index contributed by atoms with van der Waals surface area (Å²) in [6.07, 6.45) is 11.8. The van der Waals surface area contributed by atoms with Gasteiger partial charge >= 0.3 is 5.97 Å². The Morgan fingerprint density at radius 1 is 1.12 bits per heavy atom. The van der Waals surface area contributed by atoms with Gasteiger partial charge in [-0.3, -0.25) is 4.79 Å². The predicted molar refractivity (Wildman–Crippen MR) is 152 cm³/mol. The first-order chi connectivity index (χ1) is 18.9. The van der Waals surface area contributed by atoms with Gasteiger partial charge in [0.15, 0.2) is 5.79 Å². The van der Waals surface area contributed by atoms with Gasteiger partial charge in [-0.2, -0.15) is 0 Å². The van der Waals surface area contributed by atoms with Crippen LogP contribution in [0, 0.1) is 23.7 Å². The number of aliphatic hydroxyl groups is 2. The van der Waals surface area contributed by atoms with E-state index >= 15 is 0 Å². The largest absolute Gasteiger partial charge is 0.462 e. The van der Waals surface area contributed by atoms with Crippen molar-refractivity contribution in [3.8, 4) is 0 Å². The minimum absolute atomic E-state index is 0.0712. The summed E-state index contributed by atoms with van der Waals surface area (Å²) in [7, 11) is 0. The summed E-state index contributed by atoms with van der Waals surface area (Å²) >= 11 is 0. The van der Waals surface area contributed by atoms with E-state index in [0.29, 0.717) is 35.8 Å². The highest BCUT2D eigenvalue weighted by Crippen LogP contribution is 2.47. The number of carbonyl (C=O) groups excluding carboxylic acids is 1. The van der Waals surface area contributed by atoms with E-state index in [4.69, 9.17) is 18.9 Å². The van der Waals surface area contributed by atoms with Crippen molar-refractivity contribution in [3.05, 3.63) is 47.1 Å². The van der Waals surface area contributed by atoms with E-state index in [-0.39, 0.29) is 24.7 Å². The van der Waals surface area contributed by atoms with Crippen molar-refractivity contribution in [2.24, 2.45) is 23.7 Å². The molecule has 0 amide bonds. The van der Waals surface area contributed by atoms with Gasteiger partial charge in [0.2, 0.25) is 0 Å². The monoisotopic (exact) mass is 556 g/mol. The molecule has 222 valence electrons. The first kappa shape index (κ1) is 29.7. The SMILES string of the molecule is CC1=C[C@H]2C(=O)O[C@H]3C[C@@H](C/C=C(\C)C[C@@H](C)/C=C/C=C4\CO[C@H]([C@@H]1O)[C@@]42O)O[C@@]1(CC[C@H](C)[C@@H](C(C)C)O1)C3. The summed E-state index contributed by atoms with van der Waals surface area (Å²) in [6, 6.07) is 0. The van der Waals surface area contributed by atoms with Crippen LogP contribution in [0.15, 0.2) is 47.1 Å². The Kier molecular flexibility index (Phi) is 8.53. The lowest BCUT2D eigenvalue weighted by atomic mass is 9.71. The molecule has 3 fully saturated rings. The Morgan fingerprint density at radius 3 is 2.65 bits per heavy atom. The topological polar surface area (TPSA) is 94.5 Å². The second-order valence-electron chi connectivity index (χ2n) is 13.4. The molecule has 1 spiro atoms. The van der Waals surface area contributed by atoms with E-state index in [0.717, 1.165) is 25.7 Å². The zero-order valence-corrected chi connectivity index (χ0v) is 25.0. The van der Waals surface area contributed by atoms with E-state index < -0.39 is 41.6 Å². The molecule has 4 aliphatic heterocycles. The lowest BCUT2D eigenvalue weighted by Crippen LogP contribution is -2.58. The van der Waals surface area contributed by atoms with Crippen molar-refractivity contribution in [1.82, 2.24) is 0 Å². The summed E-state index contributed by atoms with van der Waals surface area (Å²) in [4.78, 5) is 13.9. The predicted octanol–water partition coefficient (Wildman–Crippen LogP) is 5.17. The van der Waals surface area contributed by atoms with Gasteiger partial charge in [-0.15, -0.1) is 0 Å². The van der Waals surface area contributed by atoms with Crippen LogP contribution in [0.5, 0.6) is 0 Å². The first-order valence-corrected chi connectivity index (χ1v) is 15.2. The quantitative estimate of drug-likeness (QED) is 0.340. The maximum absolute atomic E-state index is 13.9. The van der Waals surface area contributed by atoms with Crippen molar-refractivity contribution in [3.63, 3.8) is 0 Å². The smallest absolute Gasteiger partial charge is 0.316 e. The fraction of sp³-hybridized carbons (Fsp3) is 0.727. The first-order valence-electron chi connectivity index (χ1n) is 15.2. The molecule has 0 radical (unpaired) electrons. The third-order valence-corrected chi connectivity index (χ3v) is 9.67. The third kappa shape index (κ3) is 5.65. The standard InChI is InChI=1S/C33H48O7/c1-19(2)29-22(5)12-13-32(40-29)17-26-16-25(39-32)11-10-21(4)14-20(3)8-7-9-24-18-37-30-28(34)23(6)15-27(31(35)38-26)33(24,30)36/h7-10,15,19-20,22,25-30,34,36H,11-14,16-18H2,1-6H3/b8-7+,21-10+,24-9+/t20-,22-,25+,26-,27-,28+,29+,30+,32+,33+/m0/s1. The minimum atomic E-state index is -1.68. The van der Waals surface area contributed by atoms with Gasteiger partial charge in [0.1, 0.15) is 29.8 Å². The Hall–Kier alpha value is -1.77. The molecule has 0 aromatic rings. The van der Waals surface area contributed by atoms with Gasteiger partial charge in [-0.25, -0.2) is 0 Å². The highest BCUT2D eigenvalue weighted by atomic mass is 16.7. The molecule has 10 atom stereocenters. The van der Waals surface area contributed by atoms with E-state index in [1.54, 1.807) is 13.0 Å². The number of ether oxygens (including phenoxy) is 4. The van der Waals surface area contributed by atoms with Gasteiger partial charge < -0.3 is 29.2 Å². The molecule has 0 aromatic heterocycles. The summed E-state index contributed by atoms with van der Waals surface area (Å²) in [5.41, 5.74) is 0.780. The summed E-state index contributed by atoms with van der Waals surface area (Å²) in [5.74, 6) is -1.22. The number of allylic oxidation sites excluding steroid dienone is 4. The van der Waals surface area contributed by atoms with Gasteiger partial charge in [0.25, 0.3) is 0 Å². The molecule has 0 saturated carbocycles. The molecule has 5 rings (SSSR count). The molecule has 2 bridgehead atoms. The number of aliphatic hydroxyl groups excluding tert-OH is 1. The number of hydrogen-bond acceptors (Lipinski definition) is 7. The van der Waals surface area contributed by atoms with Crippen molar-refractivity contribution < 1.29 is 34.0 Å². The van der Waals surface area contributed by atoms with Crippen molar-refractivity contribution >= 4 is 5.97 Å². The second kappa shape index (κ2) is 11.5.